The number of thiol groups is 1. The van der Waals surface area contributed by atoms with Crippen molar-refractivity contribution in [3.63, 3.8) is 0 Å². The number of carbonyl (C=O) groups excluding carboxylic acids is 3. The number of fused-ring (bicyclic) bond motifs is 1. The Labute approximate surface area is 226 Å². The van der Waals surface area contributed by atoms with Crippen LogP contribution >= 0.6 is 24.4 Å². The van der Waals surface area contributed by atoms with Crippen molar-refractivity contribution in [3.8, 4) is 0 Å². The van der Waals surface area contributed by atoms with E-state index in [2.05, 4.69) is 33.6 Å². The van der Waals surface area contributed by atoms with Crippen LogP contribution in [0.4, 0.5) is 0 Å². The van der Waals surface area contributed by atoms with E-state index in [0.29, 0.717) is 12.2 Å². The van der Waals surface area contributed by atoms with E-state index in [4.69, 9.17) is 5.73 Å². The number of nitrogens with two attached hydrogens (primary N) is 1. The van der Waals surface area contributed by atoms with Crippen LogP contribution in [0.25, 0.3) is 10.9 Å². The number of hydrogen-bond donors (Lipinski definition) is 7. The second kappa shape index (κ2) is 14.9. The van der Waals surface area contributed by atoms with Crippen molar-refractivity contribution < 1.29 is 24.3 Å². The molecular weight excluding hydrogens is 514 g/mol. The molecule has 7 N–H and O–H groups in total. The third kappa shape index (κ3) is 9.28. The fourth-order valence-corrected chi connectivity index (χ4v) is 4.59. The Morgan fingerprint density at radius 2 is 1.65 bits per heavy atom. The minimum absolute atomic E-state index is 0.00114. The molecule has 204 valence electrons. The van der Waals surface area contributed by atoms with E-state index in [9.17, 15) is 24.3 Å². The highest BCUT2D eigenvalue weighted by Gasteiger charge is 2.30. The summed E-state index contributed by atoms with van der Waals surface area (Å²) in [5.74, 6) is -2.11. The van der Waals surface area contributed by atoms with Crippen molar-refractivity contribution in [2.45, 2.75) is 57.3 Å². The highest BCUT2D eigenvalue weighted by Crippen LogP contribution is 2.19. The lowest BCUT2D eigenvalue weighted by atomic mass is 10.0. The smallest absolute Gasteiger partial charge is 0.326 e. The van der Waals surface area contributed by atoms with E-state index >= 15 is 0 Å². The van der Waals surface area contributed by atoms with E-state index in [1.54, 1.807) is 6.20 Å². The Morgan fingerprint density at radius 3 is 2.27 bits per heavy atom. The Balaban J connectivity index is 2.10. The molecule has 1 heterocycles. The maximum atomic E-state index is 13.1. The fraction of sp³-hybridized carbons (Fsp3) is 0.520. The summed E-state index contributed by atoms with van der Waals surface area (Å²) in [4.78, 5) is 53.5. The van der Waals surface area contributed by atoms with Gasteiger partial charge in [-0.3, -0.25) is 14.4 Å². The SMILES string of the molecule is CSCCC(NC(=O)C(CS)NC(=O)C(N)CC(C)C)C(=O)NC(Cc1c[nH]c2ccccc12)C(=O)O. The molecule has 2 rings (SSSR count). The first kappa shape index (κ1) is 30.5. The molecule has 4 atom stereocenters. The molecule has 0 fully saturated rings. The third-order valence-corrected chi connectivity index (χ3v) is 6.84. The molecule has 0 radical (unpaired) electrons. The Hall–Kier alpha value is -2.70. The van der Waals surface area contributed by atoms with E-state index in [0.717, 1.165) is 16.5 Å². The normalized spacial score (nSPS) is 14.5. The van der Waals surface area contributed by atoms with Crippen LogP contribution in [0, 0.1) is 5.92 Å². The third-order valence-electron chi connectivity index (χ3n) is 5.83. The zero-order chi connectivity index (χ0) is 27.5. The molecule has 0 spiro atoms. The molecule has 0 saturated carbocycles. The van der Waals surface area contributed by atoms with Crippen molar-refractivity contribution in [2.75, 3.05) is 17.8 Å². The van der Waals surface area contributed by atoms with Crippen molar-refractivity contribution in [1.82, 2.24) is 20.9 Å². The van der Waals surface area contributed by atoms with Crippen LogP contribution in [-0.2, 0) is 25.6 Å². The van der Waals surface area contributed by atoms with Gasteiger partial charge >= 0.3 is 5.97 Å². The van der Waals surface area contributed by atoms with Crippen molar-refractivity contribution in [2.24, 2.45) is 11.7 Å². The summed E-state index contributed by atoms with van der Waals surface area (Å²) < 4.78 is 0. The summed E-state index contributed by atoms with van der Waals surface area (Å²) >= 11 is 5.66. The lowest BCUT2D eigenvalue weighted by molar-refractivity contribution is -0.142. The summed E-state index contributed by atoms with van der Waals surface area (Å²) in [5.41, 5.74) is 7.54. The number of H-pyrrole nitrogens is 1. The number of benzene rings is 1. The van der Waals surface area contributed by atoms with Gasteiger partial charge in [-0.1, -0.05) is 32.0 Å². The number of para-hydroxylation sites is 1. The molecule has 10 nitrogen and oxygen atoms in total. The van der Waals surface area contributed by atoms with Gasteiger partial charge < -0.3 is 31.8 Å². The maximum absolute atomic E-state index is 13.1. The van der Waals surface area contributed by atoms with Gasteiger partial charge in [0.05, 0.1) is 6.04 Å². The number of carboxylic acid groups (broad SMARTS) is 1. The summed E-state index contributed by atoms with van der Waals surface area (Å²) in [6, 6.07) is 3.52. The van der Waals surface area contributed by atoms with Crippen molar-refractivity contribution in [1.29, 1.82) is 0 Å². The molecule has 3 amide bonds. The number of carboxylic acids is 1. The van der Waals surface area contributed by atoms with Gasteiger partial charge in [-0.05, 0) is 42.4 Å². The zero-order valence-corrected chi connectivity index (χ0v) is 23.0. The first-order valence-corrected chi connectivity index (χ1v) is 14.1. The molecule has 1 aromatic carbocycles. The van der Waals surface area contributed by atoms with Gasteiger partial charge in [-0.15, -0.1) is 0 Å². The number of carbonyl (C=O) groups is 4. The van der Waals surface area contributed by atoms with Crippen LogP contribution in [0.2, 0.25) is 0 Å². The van der Waals surface area contributed by atoms with Gasteiger partial charge in [0.25, 0.3) is 0 Å². The Morgan fingerprint density at radius 1 is 1.03 bits per heavy atom. The topological polar surface area (TPSA) is 166 Å². The molecule has 37 heavy (non-hydrogen) atoms. The van der Waals surface area contributed by atoms with Crippen LogP contribution in [-0.4, -0.2) is 75.7 Å². The van der Waals surface area contributed by atoms with Crippen molar-refractivity contribution in [3.05, 3.63) is 36.0 Å². The van der Waals surface area contributed by atoms with Gasteiger partial charge in [0, 0.05) is 29.3 Å². The van der Waals surface area contributed by atoms with E-state index in [1.807, 2.05) is 44.4 Å². The minimum Gasteiger partial charge on any atom is -0.480 e. The fourth-order valence-electron chi connectivity index (χ4n) is 3.86. The van der Waals surface area contributed by atoms with Crippen LogP contribution in [0.3, 0.4) is 0 Å². The molecule has 0 aliphatic rings. The van der Waals surface area contributed by atoms with Crippen LogP contribution < -0.4 is 21.7 Å². The summed E-state index contributed by atoms with van der Waals surface area (Å²) in [7, 11) is 0. The molecule has 12 heteroatoms. The molecule has 0 saturated heterocycles. The number of rotatable bonds is 15. The van der Waals surface area contributed by atoms with Gasteiger partial charge in [0.15, 0.2) is 0 Å². The number of thioether (sulfide) groups is 1. The quantitative estimate of drug-likeness (QED) is 0.164. The van der Waals surface area contributed by atoms with Crippen molar-refractivity contribution >= 4 is 59.0 Å². The maximum Gasteiger partial charge on any atom is 0.326 e. The second-order valence-corrected chi connectivity index (χ2v) is 10.6. The second-order valence-electron chi connectivity index (χ2n) is 9.29. The molecule has 0 bridgehead atoms. The monoisotopic (exact) mass is 551 g/mol. The van der Waals surface area contributed by atoms with Gasteiger partial charge in [0.1, 0.15) is 18.1 Å². The van der Waals surface area contributed by atoms with Crippen LogP contribution in [0.1, 0.15) is 32.3 Å². The molecule has 2 aromatic rings. The predicted molar refractivity (Wildman–Crippen MR) is 150 cm³/mol. The summed E-state index contributed by atoms with van der Waals surface area (Å²) in [6.45, 7) is 3.88. The zero-order valence-electron chi connectivity index (χ0n) is 21.3. The highest BCUT2D eigenvalue weighted by atomic mass is 32.2. The molecule has 0 aliphatic heterocycles. The number of aromatic nitrogens is 1. The first-order chi connectivity index (χ1) is 17.6. The van der Waals surface area contributed by atoms with Crippen LogP contribution in [0.5, 0.6) is 0 Å². The summed E-state index contributed by atoms with van der Waals surface area (Å²) in [6.07, 6.45) is 4.39. The molecular formula is C25H37N5O5S2. The first-order valence-electron chi connectivity index (χ1n) is 12.1. The average Bonchev–Trinajstić information content (AvgIpc) is 3.26. The average molecular weight is 552 g/mol. The van der Waals surface area contributed by atoms with Gasteiger partial charge in [0.2, 0.25) is 17.7 Å². The standard InChI is InChI=1S/C25H37N5O5S2/c1-14(2)10-17(26)22(31)30-21(13-36)24(33)28-19(8-9-37-3)23(32)29-20(25(34)35)11-15-12-27-18-7-5-4-6-16(15)18/h4-7,12,14,17,19-21,27,36H,8-11,13,26H2,1-3H3,(H,28,33)(H,29,32)(H,30,31)(H,34,35). The number of hydrogen-bond acceptors (Lipinski definition) is 7. The van der Waals surface area contributed by atoms with Gasteiger partial charge in [-0.25, -0.2) is 4.79 Å². The number of nitrogens with one attached hydrogen (secondary N) is 4. The molecule has 1 aromatic heterocycles. The highest BCUT2D eigenvalue weighted by molar-refractivity contribution is 7.98. The largest absolute Gasteiger partial charge is 0.480 e. The lowest BCUT2D eigenvalue weighted by Crippen LogP contribution is -2.58. The number of amides is 3. The Kier molecular flexibility index (Phi) is 12.3. The molecule has 0 aliphatic carbocycles. The minimum atomic E-state index is -1.20. The van der Waals surface area contributed by atoms with E-state index < -0.39 is 47.9 Å². The van der Waals surface area contributed by atoms with Gasteiger partial charge in [-0.2, -0.15) is 24.4 Å². The predicted octanol–water partition coefficient (Wildman–Crippen LogP) is 1.31. The Bertz CT molecular complexity index is 1080. The summed E-state index contributed by atoms with van der Waals surface area (Å²) in [5, 5.41) is 18.5. The number of aliphatic carboxylic acids is 1. The lowest BCUT2D eigenvalue weighted by Gasteiger charge is -2.24. The van der Waals surface area contributed by atoms with E-state index in [1.165, 1.54) is 11.8 Å². The van der Waals surface area contributed by atoms with E-state index in [-0.39, 0.29) is 24.5 Å². The number of aromatic amines is 1. The van der Waals surface area contributed by atoms with Crippen LogP contribution in [0.15, 0.2) is 30.5 Å². The molecule has 4 unspecified atom stereocenters.